The molecule has 1 aliphatic heterocycles. The molecule has 0 aliphatic carbocycles. The molecule has 0 fully saturated rings. The first-order valence-corrected chi connectivity index (χ1v) is 2.77. The van der Waals surface area contributed by atoms with E-state index in [2.05, 4.69) is 0 Å². The quantitative estimate of drug-likeness (QED) is 0.497. The first kappa shape index (κ1) is 5.79. The Labute approximate surface area is 48.8 Å². The predicted octanol–water partition coefficient (Wildman–Crippen LogP) is 0.322. The van der Waals surface area contributed by atoms with Gasteiger partial charge in [-0.25, -0.2) is 0 Å². The molecule has 8 heavy (non-hydrogen) atoms. The van der Waals surface area contributed by atoms with Gasteiger partial charge in [-0.1, -0.05) is 12.2 Å². The van der Waals surface area contributed by atoms with Crippen LogP contribution in [0, 0.1) is 0 Å². The second-order valence-corrected chi connectivity index (χ2v) is 1.97. The summed E-state index contributed by atoms with van der Waals surface area (Å²) in [7, 11) is 0. The van der Waals surface area contributed by atoms with Gasteiger partial charge >= 0.3 is 0 Å². The minimum absolute atomic E-state index is 0.0602. The molecule has 2 nitrogen and oxygen atoms in total. The van der Waals surface area contributed by atoms with Gasteiger partial charge in [-0.05, 0) is 6.92 Å². The lowest BCUT2D eigenvalue weighted by molar-refractivity contribution is 0.0236. The molecule has 1 aliphatic rings. The van der Waals surface area contributed by atoms with E-state index in [1.54, 1.807) is 6.92 Å². The minimum atomic E-state index is -0.367. The summed E-state index contributed by atoms with van der Waals surface area (Å²) >= 11 is 0. The molecule has 1 heterocycles. The molecule has 0 spiro atoms. The third-order valence-electron chi connectivity index (χ3n) is 1.19. The van der Waals surface area contributed by atoms with Gasteiger partial charge in [-0.3, -0.25) is 0 Å². The summed E-state index contributed by atoms with van der Waals surface area (Å²) in [5, 5.41) is 8.88. The molecule has 2 heteroatoms. The van der Waals surface area contributed by atoms with Gasteiger partial charge in [0, 0.05) is 0 Å². The van der Waals surface area contributed by atoms with Crippen LogP contribution in [0.4, 0.5) is 0 Å². The standard InChI is InChI=1S/C6H10O2/c1-5(7)6-3-2-4-8-6/h2-3,5-7H,4H2,1H3/t5-,6-/m0/s1. The Morgan fingerprint density at radius 2 is 2.62 bits per heavy atom. The maximum absolute atomic E-state index is 8.88. The van der Waals surface area contributed by atoms with E-state index in [4.69, 9.17) is 9.84 Å². The molecular weight excluding hydrogens is 104 g/mol. The molecule has 0 aromatic rings. The summed E-state index contributed by atoms with van der Waals surface area (Å²) in [6.07, 6.45) is 3.37. The molecule has 0 bridgehead atoms. The van der Waals surface area contributed by atoms with E-state index in [0.717, 1.165) is 0 Å². The van der Waals surface area contributed by atoms with E-state index in [-0.39, 0.29) is 12.2 Å². The van der Waals surface area contributed by atoms with Gasteiger partial charge in [0.2, 0.25) is 0 Å². The fourth-order valence-electron chi connectivity index (χ4n) is 0.712. The van der Waals surface area contributed by atoms with Gasteiger partial charge in [0.15, 0.2) is 0 Å². The second kappa shape index (κ2) is 2.29. The highest BCUT2D eigenvalue weighted by molar-refractivity contribution is 4.97. The van der Waals surface area contributed by atoms with Gasteiger partial charge in [0.05, 0.1) is 12.7 Å². The largest absolute Gasteiger partial charge is 0.390 e. The molecule has 46 valence electrons. The van der Waals surface area contributed by atoms with Crippen LogP contribution in [0.25, 0.3) is 0 Å². The third kappa shape index (κ3) is 1.08. The number of aliphatic hydroxyl groups excluding tert-OH is 1. The van der Waals surface area contributed by atoms with Crippen LogP contribution in [0.1, 0.15) is 6.92 Å². The highest BCUT2D eigenvalue weighted by Crippen LogP contribution is 2.06. The predicted molar refractivity (Wildman–Crippen MR) is 30.6 cm³/mol. The summed E-state index contributed by atoms with van der Waals surface area (Å²) in [4.78, 5) is 0. The maximum Gasteiger partial charge on any atom is 0.102 e. The number of hydrogen-bond acceptors (Lipinski definition) is 2. The van der Waals surface area contributed by atoms with Crippen molar-refractivity contribution in [2.75, 3.05) is 6.61 Å². The van der Waals surface area contributed by atoms with E-state index >= 15 is 0 Å². The molecule has 0 aromatic heterocycles. The first-order valence-electron chi connectivity index (χ1n) is 2.77. The van der Waals surface area contributed by atoms with E-state index < -0.39 is 0 Å². The molecule has 0 saturated heterocycles. The van der Waals surface area contributed by atoms with Crippen molar-refractivity contribution in [2.45, 2.75) is 19.1 Å². The zero-order valence-corrected chi connectivity index (χ0v) is 4.87. The van der Waals surface area contributed by atoms with Crippen LogP contribution in [0.2, 0.25) is 0 Å². The third-order valence-corrected chi connectivity index (χ3v) is 1.19. The molecule has 1 rings (SSSR count). The number of rotatable bonds is 1. The smallest absolute Gasteiger partial charge is 0.102 e. The summed E-state index contributed by atoms with van der Waals surface area (Å²) in [6.45, 7) is 2.37. The Bertz CT molecular complexity index is 96.7. The average Bonchev–Trinajstić information content (AvgIpc) is 2.12. The van der Waals surface area contributed by atoms with Crippen molar-refractivity contribution in [1.29, 1.82) is 0 Å². The SMILES string of the molecule is C[C@H](O)[C@@H]1C=CCO1. The molecule has 0 radical (unpaired) electrons. The molecule has 0 aromatic carbocycles. The van der Waals surface area contributed by atoms with E-state index in [1.807, 2.05) is 12.2 Å². The lowest BCUT2D eigenvalue weighted by Gasteiger charge is -2.09. The van der Waals surface area contributed by atoms with Crippen LogP contribution in [0.5, 0.6) is 0 Å². The first-order chi connectivity index (χ1) is 3.80. The molecule has 1 N–H and O–H groups in total. The normalized spacial score (nSPS) is 31.0. The zero-order chi connectivity index (χ0) is 5.98. The van der Waals surface area contributed by atoms with Crippen LogP contribution < -0.4 is 0 Å². The van der Waals surface area contributed by atoms with Crippen LogP contribution in [-0.2, 0) is 4.74 Å². The van der Waals surface area contributed by atoms with Gasteiger partial charge < -0.3 is 9.84 Å². The average molecular weight is 114 g/mol. The number of hydrogen-bond donors (Lipinski definition) is 1. The molecule has 2 atom stereocenters. The van der Waals surface area contributed by atoms with Crippen LogP contribution in [0.15, 0.2) is 12.2 Å². The van der Waals surface area contributed by atoms with Crippen molar-refractivity contribution in [2.24, 2.45) is 0 Å². The fraction of sp³-hybridized carbons (Fsp3) is 0.667. The Morgan fingerprint density at radius 3 is 2.88 bits per heavy atom. The number of aliphatic hydroxyl groups is 1. The zero-order valence-electron chi connectivity index (χ0n) is 4.87. The summed E-state index contributed by atoms with van der Waals surface area (Å²) in [6, 6.07) is 0. The molecule has 0 saturated carbocycles. The highest BCUT2D eigenvalue weighted by Gasteiger charge is 2.13. The van der Waals surface area contributed by atoms with Crippen molar-refractivity contribution in [3.05, 3.63) is 12.2 Å². The Morgan fingerprint density at radius 1 is 1.88 bits per heavy atom. The van der Waals surface area contributed by atoms with Crippen molar-refractivity contribution < 1.29 is 9.84 Å². The van der Waals surface area contributed by atoms with Crippen LogP contribution in [0.3, 0.4) is 0 Å². The number of ether oxygens (including phenoxy) is 1. The summed E-state index contributed by atoms with van der Waals surface area (Å²) in [5.74, 6) is 0. The van der Waals surface area contributed by atoms with Gasteiger partial charge in [0.1, 0.15) is 6.10 Å². The lowest BCUT2D eigenvalue weighted by Crippen LogP contribution is -2.20. The Kier molecular flexibility index (Phi) is 1.65. The van der Waals surface area contributed by atoms with Crippen molar-refractivity contribution in [1.82, 2.24) is 0 Å². The molecular formula is C6H10O2. The van der Waals surface area contributed by atoms with Crippen LogP contribution >= 0.6 is 0 Å². The Hall–Kier alpha value is -0.340. The van der Waals surface area contributed by atoms with Gasteiger partial charge in [-0.2, -0.15) is 0 Å². The monoisotopic (exact) mass is 114 g/mol. The van der Waals surface area contributed by atoms with E-state index in [1.165, 1.54) is 0 Å². The fourth-order valence-corrected chi connectivity index (χ4v) is 0.712. The lowest BCUT2D eigenvalue weighted by atomic mass is 10.2. The van der Waals surface area contributed by atoms with Gasteiger partial charge in [-0.15, -0.1) is 0 Å². The molecule has 0 unspecified atom stereocenters. The topological polar surface area (TPSA) is 29.5 Å². The highest BCUT2D eigenvalue weighted by atomic mass is 16.5. The minimum Gasteiger partial charge on any atom is -0.390 e. The summed E-state index contributed by atoms with van der Waals surface area (Å²) in [5.41, 5.74) is 0. The van der Waals surface area contributed by atoms with Crippen LogP contribution in [-0.4, -0.2) is 23.9 Å². The maximum atomic E-state index is 8.88. The van der Waals surface area contributed by atoms with Crippen molar-refractivity contribution >= 4 is 0 Å². The second-order valence-electron chi connectivity index (χ2n) is 1.97. The summed E-state index contributed by atoms with van der Waals surface area (Å²) < 4.78 is 5.05. The van der Waals surface area contributed by atoms with Crippen molar-refractivity contribution in [3.63, 3.8) is 0 Å². The van der Waals surface area contributed by atoms with Gasteiger partial charge in [0.25, 0.3) is 0 Å². The Balaban J connectivity index is 2.36. The molecule has 0 amide bonds. The van der Waals surface area contributed by atoms with Crippen molar-refractivity contribution in [3.8, 4) is 0 Å². The van der Waals surface area contributed by atoms with E-state index in [9.17, 15) is 0 Å². The van der Waals surface area contributed by atoms with E-state index in [0.29, 0.717) is 6.61 Å².